The van der Waals surface area contributed by atoms with Crippen LogP contribution in [0.5, 0.6) is 0 Å². The molecular weight excluding hydrogens is 160 g/mol. The van der Waals surface area contributed by atoms with Gasteiger partial charge in [0.1, 0.15) is 8.07 Å². The topological polar surface area (TPSA) is 0 Å². The summed E-state index contributed by atoms with van der Waals surface area (Å²) in [6.07, 6.45) is 1.97. The van der Waals surface area contributed by atoms with Gasteiger partial charge in [0.05, 0.1) is 0 Å². The summed E-state index contributed by atoms with van der Waals surface area (Å²) in [6, 6.07) is 1.09. The first-order valence-corrected chi connectivity index (χ1v) is 6.61. The highest BCUT2D eigenvalue weighted by molar-refractivity contribution is 6.93. The van der Waals surface area contributed by atoms with Crippen LogP contribution < -0.4 is 0 Å². The van der Waals surface area contributed by atoms with E-state index in [0.29, 0.717) is 5.92 Å². The fourth-order valence-electron chi connectivity index (χ4n) is 1.14. The van der Waals surface area contributed by atoms with E-state index >= 15 is 0 Å². The first-order chi connectivity index (χ1) is 5.64. The van der Waals surface area contributed by atoms with E-state index in [9.17, 15) is 0 Å². The van der Waals surface area contributed by atoms with Gasteiger partial charge in [-0.15, -0.1) is 26.3 Å². The Morgan fingerprint density at radius 2 is 1.50 bits per heavy atom. The van der Waals surface area contributed by atoms with Gasteiger partial charge in [0.2, 0.25) is 0 Å². The van der Waals surface area contributed by atoms with Gasteiger partial charge in [-0.25, -0.2) is 0 Å². The van der Waals surface area contributed by atoms with Crippen LogP contribution in [0.2, 0.25) is 6.04 Å². The zero-order chi connectivity index (χ0) is 9.61. The molecule has 1 unspecified atom stereocenters. The van der Waals surface area contributed by atoms with Gasteiger partial charge in [-0.05, 0) is 12.0 Å². The maximum Gasteiger partial charge on any atom is 0.125 e. The molecule has 0 saturated heterocycles. The van der Waals surface area contributed by atoms with Gasteiger partial charge >= 0.3 is 0 Å². The number of hydrogen-bond acceptors (Lipinski definition) is 0. The van der Waals surface area contributed by atoms with Crippen molar-refractivity contribution >= 4 is 8.07 Å². The van der Waals surface area contributed by atoms with Gasteiger partial charge in [0.15, 0.2) is 0 Å². The third-order valence-corrected chi connectivity index (χ3v) is 5.85. The zero-order valence-electron chi connectivity index (χ0n) is 7.92. The third-order valence-electron chi connectivity index (χ3n) is 2.22. The molecule has 0 aromatic heterocycles. The number of hydrogen-bond donors (Lipinski definition) is 0. The van der Waals surface area contributed by atoms with E-state index in [1.54, 1.807) is 0 Å². The van der Waals surface area contributed by atoms with Gasteiger partial charge < -0.3 is 0 Å². The molecule has 0 aliphatic rings. The van der Waals surface area contributed by atoms with Gasteiger partial charge in [-0.2, -0.15) is 0 Å². The first kappa shape index (κ1) is 11.2. The lowest BCUT2D eigenvalue weighted by molar-refractivity contribution is 0.819. The molecule has 0 fully saturated rings. The average molecular weight is 178 g/mol. The van der Waals surface area contributed by atoms with E-state index in [-0.39, 0.29) is 0 Å². The predicted molar refractivity (Wildman–Crippen MR) is 60.5 cm³/mol. The molecule has 0 radical (unpaired) electrons. The number of allylic oxidation sites excluding steroid dienone is 1. The van der Waals surface area contributed by atoms with Crippen molar-refractivity contribution in [2.45, 2.75) is 13.0 Å². The van der Waals surface area contributed by atoms with E-state index in [1.807, 2.05) is 23.2 Å². The molecule has 0 saturated carbocycles. The Hall–Kier alpha value is -0.823. The minimum Gasteiger partial charge on any atom is -0.106 e. The van der Waals surface area contributed by atoms with Gasteiger partial charge in [0, 0.05) is 0 Å². The Morgan fingerprint density at radius 3 is 1.75 bits per heavy atom. The van der Waals surface area contributed by atoms with Crippen molar-refractivity contribution in [2.24, 2.45) is 5.92 Å². The van der Waals surface area contributed by atoms with E-state index < -0.39 is 8.07 Å². The van der Waals surface area contributed by atoms with Crippen LogP contribution in [0, 0.1) is 5.92 Å². The molecule has 0 aromatic rings. The van der Waals surface area contributed by atoms with Crippen LogP contribution in [-0.2, 0) is 0 Å². The molecule has 66 valence electrons. The molecule has 1 heteroatoms. The van der Waals surface area contributed by atoms with Crippen LogP contribution >= 0.6 is 0 Å². The highest BCUT2D eigenvalue weighted by Crippen LogP contribution is 2.20. The monoisotopic (exact) mass is 178 g/mol. The lowest BCUT2D eigenvalue weighted by atomic mass is 10.2. The first-order valence-electron chi connectivity index (χ1n) is 4.17. The second-order valence-corrected chi connectivity index (χ2v) is 7.00. The van der Waals surface area contributed by atoms with Crippen LogP contribution in [0.4, 0.5) is 0 Å². The smallest absolute Gasteiger partial charge is 0.106 e. The standard InChI is InChI=1S/C11H18Si/c1-6-11(5)10-12(7-2,8-3)9-4/h6-9,11H,1-4,10H2,5H3. The lowest BCUT2D eigenvalue weighted by Crippen LogP contribution is -2.28. The van der Waals surface area contributed by atoms with Crippen molar-refractivity contribution in [1.29, 1.82) is 0 Å². The van der Waals surface area contributed by atoms with Gasteiger partial charge in [-0.3, -0.25) is 0 Å². The van der Waals surface area contributed by atoms with Crippen molar-refractivity contribution in [3.8, 4) is 0 Å². The highest BCUT2D eigenvalue weighted by Gasteiger charge is 2.22. The molecule has 0 amide bonds. The fourth-order valence-corrected chi connectivity index (χ4v) is 3.42. The molecule has 0 N–H and O–H groups in total. The molecule has 12 heavy (non-hydrogen) atoms. The van der Waals surface area contributed by atoms with Crippen molar-refractivity contribution in [3.05, 3.63) is 49.5 Å². The summed E-state index contributed by atoms with van der Waals surface area (Å²) < 4.78 is 0. The second kappa shape index (κ2) is 4.94. The predicted octanol–water partition coefficient (Wildman–Crippen LogP) is 3.43. The van der Waals surface area contributed by atoms with Crippen LogP contribution in [0.15, 0.2) is 49.5 Å². The van der Waals surface area contributed by atoms with Crippen molar-refractivity contribution in [2.75, 3.05) is 0 Å². The molecule has 1 atom stereocenters. The molecule has 0 spiro atoms. The summed E-state index contributed by atoms with van der Waals surface area (Å²) in [5.74, 6) is 0.519. The van der Waals surface area contributed by atoms with E-state index in [4.69, 9.17) is 0 Å². The van der Waals surface area contributed by atoms with Gasteiger partial charge in [0.25, 0.3) is 0 Å². The molecule has 0 nitrogen and oxygen atoms in total. The summed E-state index contributed by atoms with van der Waals surface area (Å²) >= 11 is 0. The van der Waals surface area contributed by atoms with Crippen LogP contribution in [0.25, 0.3) is 0 Å². The quantitative estimate of drug-likeness (QED) is 0.432. The van der Waals surface area contributed by atoms with Gasteiger partial charge in [-0.1, -0.05) is 30.1 Å². The molecule has 0 bridgehead atoms. The molecule has 0 heterocycles. The summed E-state index contributed by atoms with van der Waals surface area (Å²) in [4.78, 5) is 0. The maximum absolute atomic E-state index is 3.85. The summed E-state index contributed by atoms with van der Waals surface area (Å²) in [7, 11) is -1.58. The van der Waals surface area contributed by atoms with E-state index in [1.165, 1.54) is 0 Å². The molecular formula is C11H18Si. The minimum absolute atomic E-state index is 0.519. The fraction of sp³-hybridized carbons (Fsp3) is 0.273. The Kier molecular flexibility index (Phi) is 4.60. The second-order valence-electron chi connectivity index (χ2n) is 3.14. The van der Waals surface area contributed by atoms with E-state index in [2.05, 4.69) is 33.2 Å². The van der Waals surface area contributed by atoms with Crippen LogP contribution in [0.1, 0.15) is 6.92 Å². The van der Waals surface area contributed by atoms with Crippen molar-refractivity contribution in [3.63, 3.8) is 0 Å². The summed E-state index contributed by atoms with van der Waals surface area (Å²) in [6.45, 7) is 17.5. The minimum atomic E-state index is -1.58. The molecule has 0 rings (SSSR count). The zero-order valence-corrected chi connectivity index (χ0v) is 8.92. The van der Waals surface area contributed by atoms with E-state index in [0.717, 1.165) is 6.04 Å². The third kappa shape index (κ3) is 2.66. The lowest BCUT2D eigenvalue weighted by Gasteiger charge is -2.21. The SMILES string of the molecule is C=CC(C)C[Si](C=C)(C=C)C=C. The van der Waals surface area contributed by atoms with Crippen molar-refractivity contribution < 1.29 is 0 Å². The molecule has 0 aliphatic carbocycles. The highest BCUT2D eigenvalue weighted by atomic mass is 28.3. The Bertz CT molecular complexity index is 169. The maximum atomic E-state index is 3.85. The summed E-state index contributed by atoms with van der Waals surface area (Å²) in [5.41, 5.74) is 6.06. The van der Waals surface area contributed by atoms with Crippen molar-refractivity contribution in [1.82, 2.24) is 0 Å². The molecule has 0 aliphatic heterocycles. The Balaban J connectivity index is 4.50. The molecule has 0 aromatic carbocycles. The number of rotatable bonds is 6. The van der Waals surface area contributed by atoms with Crippen LogP contribution in [-0.4, -0.2) is 8.07 Å². The Morgan fingerprint density at radius 1 is 1.08 bits per heavy atom. The van der Waals surface area contributed by atoms with Crippen LogP contribution in [0.3, 0.4) is 0 Å². The summed E-state index contributed by atoms with van der Waals surface area (Å²) in [5, 5.41) is 0. The Labute approximate surface area is 77.0 Å². The average Bonchev–Trinajstić information content (AvgIpc) is 2.14. The normalized spacial score (nSPS) is 13.1. The largest absolute Gasteiger partial charge is 0.125 e.